The first kappa shape index (κ1) is 7.44. The molecule has 0 unspecified atom stereocenters. The number of hydrogen-bond acceptors (Lipinski definition) is 2. The van der Waals surface area contributed by atoms with Gasteiger partial charge < -0.3 is 9.73 Å². The summed E-state index contributed by atoms with van der Waals surface area (Å²) in [7, 11) is 0. The summed E-state index contributed by atoms with van der Waals surface area (Å²) in [6, 6.07) is 8.05. The van der Waals surface area contributed by atoms with Crippen LogP contribution in [0.3, 0.4) is 0 Å². The van der Waals surface area contributed by atoms with Gasteiger partial charge >= 0.3 is 0 Å². The number of nitrogens with one attached hydrogen (secondary N) is 1. The van der Waals surface area contributed by atoms with Crippen molar-refractivity contribution < 1.29 is 4.42 Å². The molecule has 0 fully saturated rings. The third-order valence-corrected chi connectivity index (χ3v) is 2.33. The molecule has 14 heavy (non-hydrogen) atoms. The van der Waals surface area contributed by atoms with E-state index >= 15 is 0 Å². The van der Waals surface area contributed by atoms with Crippen molar-refractivity contribution in [2.45, 2.75) is 0 Å². The van der Waals surface area contributed by atoms with Crippen LogP contribution in [0.5, 0.6) is 0 Å². The van der Waals surface area contributed by atoms with Crippen LogP contribution in [-0.2, 0) is 0 Å². The molecule has 1 aliphatic rings. The Labute approximate surface area is 80.8 Å². The van der Waals surface area contributed by atoms with Gasteiger partial charge in [0, 0.05) is 23.0 Å². The highest BCUT2D eigenvalue weighted by molar-refractivity contribution is 5.79. The molecule has 1 aliphatic heterocycles. The zero-order valence-corrected chi connectivity index (χ0v) is 7.53. The van der Waals surface area contributed by atoms with Crippen LogP contribution in [0, 0.1) is 0 Å². The van der Waals surface area contributed by atoms with Gasteiger partial charge in [0.05, 0.1) is 0 Å². The summed E-state index contributed by atoms with van der Waals surface area (Å²) in [4.78, 5) is 0. The molecule has 2 heteroatoms. The van der Waals surface area contributed by atoms with E-state index in [2.05, 4.69) is 17.5 Å². The molecule has 0 radical (unpaired) electrons. The van der Waals surface area contributed by atoms with Crippen molar-refractivity contribution in [2.24, 2.45) is 0 Å². The maximum atomic E-state index is 5.68. The lowest BCUT2D eigenvalue weighted by molar-refractivity contribution is 0.573. The SMILES string of the molecule is C1=CNC=c2oc3ccccc3c2=C1. The minimum Gasteiger partial charge on any atom is -0.455 e. The first-order valence-corrected chi connectivity index (χ1v) is 4.56. The van der Waals surface area contributed by atoms with Crippen molar-refractivity contribution >= 4 is 23.2 Å². The lowest BCUT2D eigenvalue weighted by atomic mass is 10.2. The van der Waals surface area contributed by atoms with E-state index in [0.717, 1.165) is 21.6 Å². The van der Waals surface area contributed by atoms with E-state index in [4.69, 9.17) is 4.42 Å². The number of rotatable bonds is 0. The van der Waals surface area contributed by atoms with Gasteiger partial charge in [-0.25, -0.2) is 0 Å². The molecular formula is C12H9NO. The van der Waals surface area contributed by atoms with Crippen LogP contribution < -0.4 is 16.0 Å². The molecule has 1 aromatic carbocycles. The fraction of sp³-hybridized carbons (Fsp3) is 0. The molecule has 2 heterocycles. The molecule has 2 aromatic rings. The highest BCUT2D eigenvalue weighted by Gasteiger charge is 2.01. The van der Waals surface area contributed by atoms with E-state index in [1.54, 1.807) is 0 Å². The van der Waals surface area contributed by atoms with Gasteiger partial charge in [-0.15, -0.1) is 0 Å². The number of fused-ring (bicyclic) bond motifs is 3. The van der Waals surface area contributed by atoms with Crippen LogP contribution >= 0.6 is 0 Å². The van der Waals surface area contributed by atoms with Crippen molar-refractivity contribution in [1.82, 2.24) is 5.32 Å². The largest absolute Gasteiger partial charge is 0.455 e. The zero-order chi connectivity index (χ0) is 9.38. The van der Waals surface area contributed by atoms with Gasteiger partial charge in [0.25, 0.3) is 0 Å². The summed E-state index contributed by atoms with van der Waals surface area (Å²) in [5, 5.41) is 5.33. The van der Waals surface area contributed by atoms with E-state index in [9.17, 15) is 0 Å². The Balaban J connectivity index is 2.59. The highest BCUT2D eigenvalue weighted by Crippen LogP contribution is 2.06. The summed E-state index contributed by atoms with van der Waals surface area (Å²) in [6.07, 6.45) is 7.78. The van der Waals surface area contributed by atoms with Crippen LogP contribution in [0.25, 0.3) is 23.2 Å². The van der Waals surface area contributed by atoms with Gasteiger partial charge in [-0.3, -0.25) is 0 Å². The van der Waals surface area contributed by atoms with Crippen LogP contribution in [0.1, 0.15) is 0 Å². The van der Waals surface area contributed by atoms with Gasteiger partial charge in [0.2, 0.25) is 0 Å². The number of furan rings is 1. The van der Waals surface area contributed by atoms with E-state index < -0.39 is 0 Å². The molecular weight excluding hydrogens is 174 g/mol. The number of para-hydroxylation sites is 1. The lowest BCUT2D eigenvalue weighted by Crippen LogP contribution is -2.20. The second kappa shape index (κ2) is 2.77. The van der Waals surface area contributed by atoms with Crippen molar-refractivity contribution in [1.29, 1.82) is 0 Å². The fourth-order valence-electron chi connectivity index (χ4n) is 1.69. The molecule has 2 nitrogen and oxygen atoms in total. The average molecular weight is 183 g/mol. The molecule has 0 amide bonds. The fourth-order valence-corrected chi connectivity index (χ4v) is 1.69. The normalized spacial score (nSPS) is 13.7. The van der Waals surface area contributed by atoms with Crippen LogP contribution in [0.2, 0.25) is 0 Å². The third kappa shape index (κ3) is 0.973. The Bertz CT molecular complexity index is 619. The quantitative estimate of drug-likeness (QED) is 0.661. The maximum Gasteiger partial charge on any atom is 0.151 e. The number of allylic oxidation sites excluding steroid dienone is 1. The second-order valence-electron chi connectivity index (χ2n) is 3.21. The Morgan fingerprint density at radius 2 is 2.07 bits per heavy atom. The molecule has 0 aliphatic carbocycles. The minimum absolute atomic E-state index is 0.885. The zero-order valence-electron chi connectivity index (χ0n) is 7.53. The lowest BCUT2D eigenvalue weighted by Gasteiger charge is -1.84. The van der Waals surface area contributed by atoms with Gasteiger partial charge in [-0.05, 0) is 18.2 Å². The predicted molar refractivity (Wildman–Crippen MR) is 56.7 cm³/mol. The van der Waals surface area contributed by atoms with E-state index in [-0.39, 0.29) is 0 Å². The highest BCUT2D eigenvalue weighted by atomic mass is 16.3. The molecule has 1 N–H and O–H groups in total. The third-order valence-electron chi connectivity index (χ3n) is 2.33. The predicted octanol–water partition coefficient (Wildman–Crippen LogP) is 1.07. The van der Waals surface area contributed by atoms with E-state index in [0.29, 0.717) is 0 Å². The van der Waals surface area contributed by atoms with Crippen LogP contribution in [0.4, 0.5) is 0 Å². The van der Waals surface area contributed by atoms with Crippen molar-refractivity contribution in [3.05, 3.63) is 47.2 Å². The summed E-state index contributed by atoms with van der Waals surface area (Å²) >= 11 is 0. The monoisotopic (exact) mass is 183 g/mol. The van der Waals surface area contributed by atoms with Gasteiger partial charge in [-0.2, -0.15) is 0 Å². The molecule has 3 rings (SSSR count). The maximum absolute atomic E-state index is 5.68. The number of hydrogen-bond donors (Lipinski definition) is 1. The average Bonchev–Trinajstić information content (AvgIpc) is 2.42. The topological polar surface area (TPSA) is 25.2 Å². The van der Waals surface area contributed by atoms with Gasteiger partial charge in [0.1, 0.15) is 5.58 Å². The molecule has 0 atom stereocenters. The van der Waals surface area contributed by atoms with Gasteiger partial charge in [0.15, 0.2) is 5.42 Å². The Kier molecular flexibility index (Phi) is 1.47. The first-order chi connectivity index (χ1) is 6.95. The van der Waals surface area contributed by atoms with Crippen molar-refractivity contribution in [3.63, 3.8) is 0 Å². The molecule has 0 saturated heterocycles. The van der Waals surface area contributed by atoms with E-state index in [1.165, 1.54) is 0 Å². The Morgan fingerprint density at radius 3 is 3.07 bits per heavy atom. The molecule has 0 bridgehead atoms. The van der Waals surface area contributed by atoms with Crippen molar-refractivity contribution in [2.75, 3.05) is 0 Å². The van der Waals surface area contributed by atoms with Crippen LogP contribution in [0.15, 0.2) is 41.0 Å². The molecule has 0 spiro atoms. The molecule has 1 aromatic heterocycles. The number of benzene rings is 1. The van der Waals surface area contributed by atoms with Gasteiger partial charge in [-0.1, -0.05) is 18.2 Å². The molecule has 68 valence electrons. The smallest absolute Gasteiger partial charge is 0.151 e. The standard InChI is InChI=1S/C12H9NO/c1-2-6-11-9(4-1)10-5-3-7-13-8-12(10)14-11/h1-8,13H. The summed E-state index contributed by atoms with van der Waals surface area (Å²) in [6.45, 7) is 0. The molecule has 0 saturated carbocycles. The Hall–Kier alpha value is -1.96. The second-order valence-corrected chi connectivity index (χ2v) is 3.21. The summed E-state index contributed by atoms with van der Waals surface area (Å²) in [5.74, 6) is 0. The minimum atomic E-state index is 0.885. The summed E-state index contributed by atoms with van der Waals surface area (Å²) in [5.41, 5.74) is 1.82. The first-order valence-electron chi connectivity index (χ1n) is 4.56. The Morgan fingerprint density at radius 1 is 1.14 bits per heavy atom. The summed E-state index contributed by atoms with van der Waals surface area (Å²) < 4.78 is 5.68. The van der Waals surface area contributed by atoms with Crippen molar-refractivity contribution in [3.8, 4) is 0 Å². The van der Waals surface area contributed by atoms with Crippen LogP contribution in [-0.4, -0.2) is 0 Å². The van der Waals surface area contributed by atoms with E-state index in [1.807, 2.05) is 36.7 Å².